The van der Waals surface area contributed by atoms with Gasteiger partial charge < -0.3 is 14.2 Å². The summed E-state index contributed by atoms with van der Waals surface area (Å²) < 4.78 is 11.6. The second kappa shape index (κ2) is 8.77. The Morgan fingerprint density at radius 1 is 1.30 bits per heavy atom. The highest BCUT2D eigenvalue weighted by atomic mass is 35.5. The number of anilines is 1. The number of carbonyl (C=O) groups excluding carboxylic acids is 1. The van der Waals surface area contributed by atoms with Crippen molar-refractivity contribution in [2.75, 3.05) is 25.0 Å². The molecule has 8 heteroatoms. The number of hydrogen-bond donors (Lipinski definition) is 1. The average molecular weight is 452 g/mol. The van der Waals surface area contributed by atoms with Crippen LogP contribution >= 0.6 is 23.2 Å². The van der Waals surface area contributed by atoms with Crippen molar-refractivity contribution in [2.45, 2.75) is 57.5 Å². The third-order valence-corrected chi connectivity index (χ3v) is 7.05. The van der Waals surface area contributed by atoms with Gasteiger partial charge in [0, 0.05) is 24.6 Å². The number of likely N-dealkylation sites (tertiary alicyclic amines) is 1. The molecule has 4 rings (SSSR count). The molecule has 6 nitrogen and oxygen atoms in total. The molecule has 0 saturated carbocycles. The summed E-state index contributed by atoms with van der Waals surface area (Å²) in [5.41, 5.74) is 2.79. The van der Waals surface area contributed by atoms with E-state index in [9.17, 15) is 4.79 Å². The van der Waals surface area contributed by atoms with Crippen LogP contribution < -0.4 is 5.32 Å². The van der Waals surface area contributed by atoms with Crippen molar-refractivity contribution >= 4 is 35.1 Å². The zero-order valence-corrected chi connectivity index (χ0v) is 18.9. The zero-order valence-electron chi connectivity index (χ0n) is 17.3. The van der Waals surface area contributed by atoms with Crippen molar-refractivity contribution in [3.05, 3.63) is 45.1 Å². The van der Waals surface area contributed by atoms with E-state index in [4.69, 9.17) is 32.5 Å². The topological polar surface area (TPSA) is 67.6 Å². The molecule has 1 N–H and O–H groups in total. The smallest absolute Gasteiger partial charge is 0.324 e. The lowest BCUT2D eigenvalue weighted by Gasteiger charge is -2.38. The number of amides is 2. The summed E-state index contributed by atoms with van der Waals surface area (Å²) in [5.74, 6) is 0.745. The summed E-state index contributed by atoms with van der Waals surface area (Å²) in [6, 6.07) is 5.66. The van der Waals surface area contributed by atoms with Crippen molar-refractivity contribution < 1.29 is 14.1 Å². The van der Waals surface area contributed by atoms with Gasteiger partial charge in [0.05, 0.1) is 27.9 Å². The fourth-order valence-electron chi connectivity index (χ4n) is 4.42. The summed E-state index contributed by atoms with van der Waals surface area (Å²) in [4.78, 5) is 14.5. The number of urea groups is 1. The van der Waals surface area contributed by atoms with Gasteiger partial charge in [0.2, 0.25) is 5.88 Å². The fourth-order valence-corrected chi connectivity index (χ4v) is 4.73. The van der Waals surface area contributed by atoms with Crippen molar-refractivity contribution in [1.82, 2.24) is 10.1 Å². The Labute approximate surface area is 186 Å². The van der Waals surface area contributed by atoms with Crippen LogP contribution in [0.25, 0.3) is 0 Å². The maximum Gasteiger partial charge on any atom is 0.324 e. The Bertz CT molecular complexity index is 922. The zero-order chi connectivity index (χ0) is 21.3. The molecule has 1 aromatic heterocycles. The molecule has 1 spiro atoms. The molecule has 30 heavy (non-hydrogen) atoms. The predicted octanol–water partition coefficient (Wildman–Crippen LogP) is 5.81. The minimum atomic E-state index is -0.177. The van der Waals surface area contributed by atoms with Gasteiger partial charge in [-0.25, -0.2) is 4.79 Å². The van der Waals surface area contributed by atoms with Crippen LogP contribution in [0.4, 0.5) is 10.7 Å². The van der Waals surface area contributed by atoms with Gasteiger partial charge in [0.1, 0.15) is 0 Å². The van der Waals surface area contributed by atoms with Crippen molar-refractivity contribution in [3.8, 4) is 0 Å². The number of benzene rings is 1. The fraction of sp³-hybridized carbons (Fsp3) is 0.545. The summed E-state index contributed by atoms with van der Waals surface area (Å²) in [5, 5.41) is 8.08. The van der Waals surface area contributed by atoms with E-state index in [2.05, 4.69) is 17.4 Å². The van der Waals surface area contributed by atoms with Gasteiger partial charge in [0.25, 0.3) is 0 Å². The van der Waals surface area contributed by atoms with E-state index in [1.165, 1.54) is 0 Å². The molecular formula is C22H27Cl2N3O3. The van der Waals surface area contributed by atoms with Crippen LogP contribution in [0, 0.1) is 6.92 Å². The average Bonchev–Trinajstić information content (AvgIpc) is 3.30. The molecule has 162 valence electrons. The molecule has 1 aromatic carbocycles. The molecule has 2 amide bonds. The molecule has 2 aliphatic heterocycles. The van der Waals surface area contributed by atoms with Crippen LogP contribution in [0.2, 0.25) is 10.0 Å². The lowest BCUT2D eigenvalue weighted by molar-refractivity contribution is -0.0355. The minimum Gasteiger partial charge on any atom is -0.374 e. The Kier molecular flexibility index (Phi) is 6.28. The number of nitrogens with zero attached hydrogens (tertiary/aromatic N) is 2. The molecule has 0 aliphatic carbocycles. The van der Waals surface area contributed by atoms with Gasteiger partial charge in [-0.1, -0.05) is 47.8 Å². The summed E-state index contributed by atoms with van der Waals surface area (Å²) >= 11 is 12.2. The summed E-state index contributed by atoms with van der Waals surface area (Å²) in [7, 11) is 0. The molecule has 1 unspecified atom stereocenters. The Morgan fingerprint density at radius 3 is 2.77 bits per heavy atom. The van der Waals surface area contributed by atoms with Gasteiger partial charge in [-0.05, 0) is 50.3 Å². The highest BCUT2D eigenvalue weighted by Crippen LogP contribution is 2.43. The normalized spacial score (nSPS) is 20.7. The highest BCUT2D eigenvalue weighted by Gasteiger charge is 2.44. The van der Waals surface area contributed by atoms with E-state index < -0.39 is 0 Å². The Balaban J connectivity index is 1.33. The molecule has 2 aliphatic rings. The first-order valence-corrected chi connectivity index (χ1v) is 11.3. The first-order chi connectivity index (χ1) is 14.4. The van der Waals surface area contributed by atoms with Crippen LogP contribution in [-0.4, -0.2) is 41.4 Å². The number of carbonyl (C=O) groups is 1. The number of ether oxygens (including phenoxy) is 1. The van der Waals surface area contributed by atoms with Crippen molar-refractivity contribution in [1.29, 1.82) is 0 Å². The lowest BCUT2D eigenvalue weighted by atomic mass is 9.83. The molecule has 0 bridgehead atoms. The van der Waals surface area contributed by atoms with Gasteiger partial charge in [-0.3, -0.25) is 5.32 Å². The SMILES string of the molecule is CCCc1noc(NC(=O)N2CCC3(CC2)CC(c2ccc(Cl)c(Cl)c2)CO3)c1C. The highest BCUT2D eigenvalue weighted by molar-refractivity contribution is 6.42. The quantitative estimate of drug-likeness (QED) is 0.636. The van der Waals surface area contributed by atoms with E-state index in [0.29, 0.717) is 41.5 Å². The largest absolute Gasteiger partial charge is 0.374 e. The van der Waals surface area contributed by atoms with Crippen LogP contribution in [0.3, 0.4) is 0 Å². The number of hydrogen-bond acceptors (Lipinski definition) is 4. The summed E-state index contributed by atoms with van der Waals surface area (Å²) in [6.45, 7) is 5.98. The molecule has 3 heterocycles. The van der Waals surface area contributed by atoms with Crippen molar-refractivity contribution in [3.63, 3.8) is 0 Å². The number of nitrogens with one attached hydrogen (secondary N) is 1. The van der Waals surface area contributed by atoms with Crippen LogP contribution in [0.15, 0.2) is 22.7 Å². The van der Waals surface area contributed by atoms with E-state index in [0.717, 1.165) is 48.9 Å². The third kappa shape index (κ3) is 4.32. The number of rotatable bonds is 4. The molecule has 2 saturated heterocycles. The van der Waals surface area contributed by atoms with Gasteiger partial charge in [0.15, 0.2) is 0 Å². The maximum atomic E-state index is 12.7. The number of piperidine rings is 1. The second-order valence-electron chi connectivity index (χ2n) is 8.32. The van der Waals surface area contributed by atoms with E-state index in [1.807, 2.05) is 30.0 Å². The standard InChI is InChI=1S/C22H27Cl2N3O3/c1-3-4-19-14(2)20(30-26-19)25-21(28)27-9-7-22(8-10-27)12-16(13-29-22)15-5-6-17(23)18(24)11-15/h5-6,11,16H,3-4,7-10,12-13H2,1-2H3,(H,25,28). The first kappa shape index (κ1) is 21.5. The molecule has 2 fully saturated rings. The third-order valence-electron chi connectivity index (χ3n) is 6.31. The Hall–Kier alpha value is -1.76. The molecule has 2 aromatic rings. The van der Waals surface area contributed by atoms with E-state index >= 15 is 0 Å². The number of halogens is 2. The second-order valence-corrected chi connectivity index (χ2v) is 9.13. The van der Waals surface area contributed by atoms with Crippen LogP contribution in [0.1, 0.15) is 55.3 Å². The van der Waals surface area contributed by atoms with Gasteiger partial charge in [-0.15, -0.1) is 0 Å². The first-order valence-electron chi connectivity index (χ1n) is 10.5. The van der Waals surface area contributed by atoms with Crippen LogP contribution in [-0.2, 0) is 11.2 Å². The monoisotopic (exact) mass is 451 g/mol. The minimum absolute atomic E-state index is 0.147. The maximum absolute atomic E-state index is 12.7. The number of aromatic nitrogens is 1. The number of aryl methyl sites for hydroxylation is 1. The lowest BCUT2D eigenvalue weighted by Crippen LogP contribution is -2.47. The predicted molar refractivity (Wildman–Crippen MR) is 118 cm³/mol. The van der Waals surface area contributed by atoms with Gasteiger partial charge >= 0.3 is 6.03 Å². The molecule has 0 radical (unpaired) electrons. The molecule has 1 atom stereocenters. The summed E-state index contributed by atoms with van der Waals surface area (Å²) in [6.07, 6.45) is 4.39. The van der Waals surface area contributed by atoms with Gasteiger partial charge in [-0.2, -0.15) is 0 Å². The van der Waals surface area contributed by atoms with E-state index in [1.54, 1.807) is 0 Å². The van der Waals surface area contributed by atoms with Crippen molar-refractivity contribution in [2.24, 2.45) is 0 Å². The van der Waals surface area contributed by atoms with Crippen LogP contribution in [0.5, 0.6) is 0 Å². The molecular weight excluding hydrogens is 425 g/mol. The van der Waals surface area contributed by atoms with E-state index in [-0.39, 0.29) is 11.6 Å². The Morgan fingerprint density at radius 2 is 2.07 bits per heavy atom.